The summed E-state index contributed by atoms with van der Waals surface area (Å²) in [7, 11) is 0. The van der Waals surface area contributed by atoms with Crippen LogP contribution in [0.4, 0.5) is 0 Å². The molecule has 2 heterocycles. The van der Waals surface area contributed by atoms with Crippen LogP contribution in [-0.2, 0) is 0 Å². The highest BCUT2D eigenvalue weighted by Crippen LogP contribution is 2.18. The Morgan fingerprint density at radius 2 is 2.25 bits per heavy atom. The third-order valence-corrected chi connectivity index (χ3v) is 2.81. The van der Waals surface area contributed by atoms with Gasteiger partial charge in [-0.15, -0.1) is 11.3 Å². The van der Waals surface area contributed by atoms with Gasteiger partial charge in [0.15, 0.2) is 0 Å². The quantitative estimate of drug-likeness (QED) is 0.822. The number of hydrogen-bond acceptors (Lipinski definition) is 4. The molecule has 82 valence electrons. The largest absolute Gasteiger partial charge is 0.477 e. The molecule has 3 N–H and O–H groups in total. The van der Waals surface area contributed by atoms with Gasteiger partial charge in [0.25, 0.3) is 5.91 Å². The molecule has 0 saturated carbocycles. The van der Waals surface area contributed by atoms with Gasteiger partial charge in [-0.2, -0.15) is 5.10 Å². The Kier molecular flexibility index (Phi) is 2.45. The van der Waals surface area contributed by atoms with Gasteiger partial charge < -0.3 is 10.8 Å². The normalized spacial score (nSPS) is 10.2. The first-order valence-corrected chi connectivity index (χ1v) is 5.13. The first-order valence-electron chi connectivity index (χ1n) is 4.25. The Hall–Kier alpha value is -2.15. The van der Waals surface area contributed by atoms with Crippen LogP contribution in [0.3, 0.4) is 0 Å². The summed E-state index contributed by atoms with van der Waals surface area (Å²) >= 11 is 1.09. The van der Waals surface area contributed by atoms with Crippen LogP contribution in [0.1, 0.15) is 20.2 Å². The Morgan fingerprint density at radius 1 is 1.50 bits per heavy atom. The fraction of sp³-hybridized carbons (Fsp3) is 0. The number of thiophene rings is 1. The lowest BCUT2D eigenvalue weighted by atomic mass is 10.4. The molecule has 0 atom stereocenters. The standard InChI is InChI=1S/C9H7N3O3S/c10-8(13)6-1-2-12(11-6)5-3-7(9(14)15)16-4-5/h1-4H,(H2,10,13)(H,14,15). The van der Waals surface area contributed by atoms with Gasteiger partial charge in [0.05, 0.1) is 5.69 Å². The van der Waals surface area contributed by atoms with Crippen molar-refractivity contribution in [2.75, 3.05) is 0 Å². The van der Waals surface area contributed by atoms with Gasteiger partial charge in [-0.3, -0.25) is 4.79 Å². The number of nitrogens with zero attached hydrogens (tertiary/aromatic N) is 2. The van der Waals surface area contributed by atoms with E-state index < -0.39 is 11.9 Å². The van der Waals surface area contributed by atoms with Gasteiger partial charge in [0.2, 0.25) is 0 Å². The zero-order valence-electron chi connectivity index (χ0n) is 7.95. The molecule has 0 aliphatic heterocycles. The predicted molar refractivity (Wildman–Crippen MR) is 56.9 cm³/mol. The number of aromatic nitrogens is 2. The minimum atomic E-state index is -0.987. The Bertz CT molecular complexity index is 508. The van der Waals surface area contributed by atoms with Gasteiger partial charge in [-0.05, 0) is 12.1 Å². The number of carboxylic acid groups (broad SMARTS) is 1. The van der Waals surface area contributed by atoms with Gasteiger partial charge in [0.1, 0.15) is 10.6 Å². The minimum absolute atomic E-state index is 0.142. The second-order valence-corrected chi connectivity index (χ2v) is 3.90. The van der Waals surface area contributed by atoms with Crippen LogP contribution in [-0.4, -0.2) is 26.8 Å². The highest BCUT2D eigenvalue weighted by Gasteiger charge is 2.10. The topological polar surface area (TPSA) is 98.2 Å². The average molecular weight is 237 g/mol. The number of carboxylic acids is 1. The van der Waals surface area contributed by atoms with Crippen molar-refractivity contribution in [1.82, 2.24) is 9.78 Å². The molecule has 2 rings (SSSR count). The number of aromatic carboxylic acids is 1. The molecular formula is C9H7N3O3S. The predicted octanol–water partition coefficient (Wildman–Crippen LogP) is 0.731. The summed E-state index contributed by atoms with van der Waals surface area (Å²) in [5.74, 6) is -1.61. The van der Waals surface area contributed by atoms with Crippen molar-refractivity contribution in [3.8, 4) is 5.69 Å². The van der Waals surface area contributed by atoms with Crippen molar-refractivity contribution in [1.29, 1.82) is 0 Å². The van der Waals surface area contributed by atoms with E-state index in [1.807, 2.05) is 0 Å². The van der Waals surface area contributed by atoms with Crippen molar-refractivity contribution in [2.24, 2.45) is 5.73 Å². The molecule has 0 radical (unpaired) electrons. The number of carbonyl (C=O) groups excluding carboxylic acids is 1. The first kappa shape index (κ1) is 10.4. The fourth-order valence-corrected chi connectivity index (χ4v) is 1.87. The molecule has 1 amide bonds. The summed E-state index contributed by atoms with van der Waals surface area (Å²) in [6.45, 7) is 0. The van der Waals surface area contributed by atoms with E-state index >= 15 is 0 Å². The third-order valence-electron chi connectivity index (χ3n) is 1.90. The van der Waals surface area contributed by atoms with Gasteiger partial charge in [-0.1, -0.05) is 0 Å². The molecule has 0 bridgehead atoms. The summed E-state index contributed by atoms with van der Waals surface area (Å²) in [5.41, 5.74) is 5.79. The molecular weight excluding hydrogens is 230 g/mol. The highest BCUT2D eigenvalue weighted by molar-refractivity contribution is 7.12. The van der Waals surface area contributed by atoms with E-state index in [0.29, 0.717) is 5.69 Å². The molecule has 6 nitrogen and oxygen atoms in total. The highest BCUT2D eigenvalue weighted by atomic mass is 32.1. The molecule has 0 aliphatic rings. The second-order valence-electron chi connectivity index (χ2n) is 2.98. The zero-order chi connectivity index (χ0) is 11.7. The maximum Gasteiger partial charge on any atom is 0.345 e. The summed E-state index contributed by atoms with van der Waals surface area (Å²) in [4.78, 5) is 21.7. The van der Waals surface area contributed by atoms with Crippen molar-refractivity contribution in [3.63, 3.8) is 0 Å². The third kappa shape index (κ3) is 1.80. The summed E-state index contributed by atoms with van der Waals surface area (Å²) < 4.78 is 1.41. The molecule has 0 fully saturated rings. The fourth-order valence-electron chi connectivity index (χ4n) is 1.16. The molecule has 0 spiro atoms. The lowest BCUT2D eigenvalue weighted by Crippen LogP contribution is -2.12. The summed E-state index contributed by atoms with van der Waals surface area (Å²) in [6, 6.07) is 2.95. The van der Waals surface area contributed by atoms with Crippen molar-refractivity contribution >= 4 is 23.2 Å². The molecule has 0 aliphatic carbocycles. The summed E-state index contributed by atoms with van der Waals surface area (Å²) in [5, 5.41) is 14.3. The van der Waals surface area contributed by atoms with Crippen molar-refractivity contribution in [2.45, 2.75) is 0 Å². The van der Waals surface area contributed by atoms with Gasteiger partial charge in [0, 0.05) is 11.6 Å². The van der Waals surface area contributed by atoms with E-state index in [9.17, 15) is 9.59 Å². The van der Waals surface area contributed by atoms with Gasteiger partial charge >= 0.3 is 5.97 Å². The van der Waals surface area contributed by atoms with E-state index in [1.54, 1.807) is 11.6 Å². The zero-order valence-corrected chi connectivity index (χ0v) is 8.77. The van der Waals surface area contributed by atoms with Crippen LogP contribution in [0.15, 0.2) is 23.7 Å². The summed E-state index contributed by atoms with van der Waals surface area (Å²) in [6.07, 6.45) is 1.55. The molecule has 0 unspecified atom stereocenters. The molecule has 2 aromatic rings. The van der Waals surface area contributed by atoms with Crippen LogP contribution < -0.4 is 5.73 Å². The minimum Gasteiger partial charge on any atom is -0.477 e. The van der Waals surface area contributed by atoms with Crippen LogP contribution >= 0.6 is 11.3 Å². The van der Waals surface area contributed by atoms with Crippen LogP contribution in [0.25, 0.3) is 5.69 Å². The molecule has 2 aromatic heterocycles. The van der Waals surface area contributed by atoms with E-state index in [2.05, 4.69) is 5.10 Å². The van der Waals surface area contributed by atoms with E-state index in [4.69, 9.17) is 10.8 Å². The molecule has 16 heavy (non-hydrogen) atoms. The second kappa shape index (κ2) is 3.78. The van der Waals surface area contributed by atoms with E-state index in [0.717, 1.165) is 11.3 Å². The SMILES string of the molecule is NC(=O)c1ccn(-c2csc(C(=O)O)c2)n1. The number of hydrogen-bond donors (Lipinski definition) is 2. The lowest BCUT2D eigenvalue weighted by Gasteiger charge is -1.94. The van der Waals surface area contributed by atoms with E-state index in [-0.39, 0.29) is 10.6 Å². The van der Waals surface area contributed by atoms with Crippen LogP contribution in [0.2, 0.25) is 0 Å². The number of nitrogens with two attached hydrogens (primary N) is 1. The van der Waals surface area contributed by atoms with Gasteiger partial charge in [-0.25, -0.2) is 9.48 Å². The number of rotatable bonds is 3. The molecule has 7 heteroatoms. The van der Waals surface area contributed by atoms with Crippen molar-refractivity contribution < 1.29 is 14.7 Å². The smallest absolute Gasteiger partial charge is 0.345 e. The van der Waals surface area contributed by atoms with Crippen molar-refractivity contribution in [3.05, 3.63) is 34.3 Å². The monoisotopic (exact) mass is 237 g/mol. The lowest BCUT2D eigenvalue weighted by molar-refractivity contribution is 0.0702. The number of primary amides is 1. The Morgan fingerprint density at radius 3 is 2.75 bits per heavy atom. The maximum atomic E-state index is 10.8. The average Bonchev–Trinajstić information content (AvgIpc) is 2.86. The number of carbonyl (C=O) groups is 2. The Labute approximate surface area is 93.9 Å². The number of amides is 1. The van der Waals surface area contributed by atoms with Crippen LogP contribution in [0, 0.1) is 0 Å². The molecule has 0 saturated heterocycles. The van der Waals surface area contributed by atoms with E-state index in [1.165, 1.54) is 16.8 Å². The maximum absolute atomic E-state index is 10.8. The molecule has 0 aromatic carbocycles. The Balaban J connectivity index is 2.35. The van der Waals surface area contributed by atoms with Crippen LogP contribution in [0.5, 0.6) is 0 Å². The first-order chi connectivity index (χ1) is 7.58.